The Balaban J connectivity index is 1.98. The van der Waals surface area contributed by atoms with Gasteiger partial charge in [0, 0.05) is 18.9 Å². The number of hydrogen-bond acceptors (Lipinski definition) is 4. The second-order valence-corrected chi connectivity index (χ2v) is 6.09. The molecule has 3 unspecified atom stereocenters. The number of carboxylic acid groups (broad SMARTS) is 1. The summed E-state index contributed by atoms with van der Waals surface area (Å²) in [6, 6.07) is 7.46. The lowest BCUT2D eigenvalue weighted by molar-refractivity contribution is -0.126. The van der Waals surface area contributed by atoms with Crippen LogP contribution in [0.2, 0.25) is 0 Å². The number of aliphatic hydroxyl groups is 1. The van der Waals surface area contributed by atoms with Crippen LogP contribution in [-0.4, -0.2) is 53.4 Å². The Bertz CT molecular complexity index is 608. The van der Waals surface area contributed by atoms with Crippen LogP contribution in [0.4, 0.5) is 4.79 Å². The second kappa shape index (κ2) is 9.03. The first-order valence-electron chi connectivity index (χ1n) is 8.22. The molecule has 0 spiro atoms. The number of carbonyl (C=O) groups is 3. The summed E-state index contributed by atoms with van der Waals surface area (Å²) in [5, 5.41) is 26.0. The molecule has 1 aliphatic rings. The third-order valence-electron chi connectivity index (χ3n) is 4.20. The molecule has 0 aliphatic carbocycles. The maximum absolute atomic E-state index is 12.5. The van der Waals surface area contributed by atoms with Crippen LogP contribution in [0.25, 0.3) is 0 Å². The molecule has 136 valence electrons. The van der Waals surface area contributed by atoms with Crippen molar-refractivity contribution in [3.8, 4) is 0 Å². The zero-order valence-corrected chi connectivity index (χ0v) is 13.8. The highest BCUT2D eigenvalue weighted by Gasteiger charge is 2.29. The first-order chi connectivity index (χ1) is 12.0. The number of nitrogens with one attached hydrogen (secondary N) is 3. The molecule has 1 aliphatic heterocycles. The van der Waals surface area contributed by atoms with Crippen molar-refractivity contribution < 1.29 is 24.6 Å². The Kier molecular flexibility index (Phi) is 6.76. The molecule has 0 saturated carbocycles. The number of hydrogen-bond donors (Lipinski definition) is 5. The van der Waals surface area contributed by atoms with Gasteiger partial charge in [-0.2, -0.15) is 0 Å². The van der Waals surface area contributed by atoms with Gasteiger partial charge in [0.05, 0.1) is 12.6 Å². The van der Waals surface area contributed by atoms with Crippen molar-refractivity contribution in [1.29, 1.82) is 0 Å². The van der Waals surface area contributed by atoms with E-state index in [0.717, 1.165) is 5.56 Å². The minimum atomic E-state index is -1.30. The van der Waals surface area contributed by atoms with Gasteiger partial charge in [-0.05, 0) is 18.4 Å². The molecule has 0 aromatic heterocycles. The van der Waals surface area contributed by atoms with Crippen molar-refractivity contribution in [2.24, 2.45) is 5.92 Å². The summed E-state index contributed by atoms with van der Waals surface area (Å²) >= 11 is 0. The third kappa shape index (κ3) is 5.75. The van der Waals surface area contributed by atoms with Gasteiger partial charge < -0.3 is 26.2 Å². The van der Waals surface area contributed by atoms with Gasteiger partial charge in [0.25, 0.3) is 0 Å². The smallest absolute Gasteiger partial charge is 0.405 e. The molecule has 1 heterocycles. The van der Waals surface area contributed by atoms with E-state index in [1.54, 1.807) is 24.3 Å². The van der Waals surface area contributed by atoms with Crippen LogP contribution in [-0.2, 0) is 16.0 Å². The first kappa shape index (κ1) is 18.7. The Labute approximate surface area is 145 Å². The Morgan fingerprint density at radius 1 is 1.24 bits per heavy atom. The summed E-state index contributed by atoms with van der Waals surface area (Å²) in [6.07, 6.45) is -0.126. The first-order valence-corrected chi connectivity index (χ1v) is 8.22. The van der Waals surface area contributed by atoms with Gasteiger partial charge in [-0.1, -0.05) is 30.3 Å². The summed E-state index contributed by atoms with van der Waals surface area (Å²) in [7, 11) is 0. The molecule has 1 saturated heterocycles. The lowest BCUT2D eigenvalue weighted by atomic mass is 9.98. The predicted molar refractivity (Wildman–Crippen MR) is 89.8 cm³/mol. The quantitative estimate of drug-likeness (QED) is 0.447. The van der Waals surface area contributed by atoms with Crippen LogP contribution in [0, 0.1) is 5.92 Å². The van der Waals surface area contributed by atoms with E-state index in [1.807, 2.05) is 6.07 Å². The molecule has 3 atom stereocenters. The fraction of sp³-hybridized carbons (Fsp3) is 0.471. The normalized spacial score (nSPS) is 18.9. The molecule has 2 rings (SSSR count). The molecular formula is C17H23N3O5. The number of aliphatic hydroxyl groups excluding tert-OH is 1. The topological polar surface area (TPSA) is 128 Å². The zero-order valence-electron chi connectivity index (χ0n) is 13.8. The van der Waals surface area contributed by atoms with Gasteiger partial charge in [0.1, 0.15) is 6.04 Å². The molecule has 5 N–H and O–H groups in total. The number of rotatable bonds is 8. The summed E-state index contributed by atoms with van der Waals surface area (Å²) in [6.45, 7) is 0.271. The maximum Gasteiger partial charge on any atom is 0.405 e. The third-order valence-corrected chi connectivity index (χ3v) is 4.20. The van der Waals surface area contributed by atoms with E-state index in [0.29, 0.717) is 19.4 Å². The van der Waals surface area contributed by atoms with Crippen molar-refractivity contribution in [2.45, 2.75) is 31.3 Å². The summed E-state index contributed by atoms with van der Waals surface area (Å²) in [4.78, 5) is 35.1. The second-order valence-electron chi connectivity index (χ2n) is 6.09. The van der Waals surface area contributed by atoms with Crippen LogP contribution in [0.15, 0.2) is 30.3 Å². The van der Waals surface area contributed by atoms with Crippen molar-refractivity contribution in [3.05, 3.63) is 35.9 Å². The molecule has 1 aromatic carbocycles. The fourth-order valence-electron chi connectivity index (χ4n) is 2.90. The molecular weight excluding hydrogens is 326 g/mol. The molecule has 1 aromatic rings. The highest BCUT2D eigenvalue weighted by atomic mass is 16.4. The van der Waals surface area contributed by atoms with Crippen molar-refractivity contribution in [3.63, 3.8) is 0 Å². The Morgan fingerprint density at radius 2 is 1.96 bits per heavy atom. The molecule has 25 heavy (non-hydrogen) atoms. The zero-order chi connectivity index (χ0) is 18.2. The lowest BCUT2D eigenvalue weighted by Crippen LogP contribution is -2.51. The van der Waals surface area contributed by atoms with Gasteiger partial charge in [0.2, 0.25) is 11.8 Å². The van der Waals surface area contributed by atoms with Crippen LogP contribution in [0.5, 0.6) is 0 Å². The van der Waals surface area contributed by atoms with Crippen LogP contribution in [0.3, 0.4) is 0 Å². The standard InChI is InChI=1S/C17H23N3O5/c21-10-13(9-12-6-7-18-15(12)22)19-16(23)14(20-17(24)25)8-11-4-2-1-3-5-11/h1-5,12-14,20-21H,6-10H2,(H,18,22)(H,19,23)(H,24,25). The largest absolute Gasteiger partial charge is 0.465 e. The lowest BCUT2D eigenvalue weighted by Gasteiger charge is -2.23. The van der Waals surface area contributed by atoms with Crippen molar-refractivity contribution >= 4 is 17.9 Å². The van der Waals surface area contributed by atoms with Gasteiger partial charge in [-0.15, -0.1) is 0 Å². The van der Waals surface area contributed by atoms with Crippen molar-refractivity contribution in [2.75, 3.05) is 13.2 Å². The molecule has 0 radical (unpaired) electrons. The van der Waals surface area contributed by atoms with Gasteiger partial charge in [-0.3, -0.25) is 9.59 Å². The summed E-state index contributed by atoms with van der Waals surface area (Å²) in [5.74, 6) is -0.863. The Morgan fingerprint density at radius 3 is 2.52 bits per heavy atom. The minimum Gasteiger partial charge on any atom is -0.465 e. The van der Waals surface area contributed by atoms with Crippen LogP contribution >= 0.6 is 0 Å². The minimum absolute atomic E-state index is 0.0859. The van der Waals surface area contributed by atoms with Crippen LogP contribution < -0.4 is 16.0 Å². The summed E-state index contributed by atoms with van der Waals surface area (Å²) < 4.78 is 0. The molecule has 3 amide bonds. The number of benzene rings is 1. The molecule has 8 nitrogen and oxygen atoms in total. The van der Waals surface area contributed by atoms with E-state index in [2.05, 4.69) is 16.0 Å². The fourth-order valence-corrected chi connectivity index (χ4v) is 2.90. The Hall–Kier alpha value is -2.61. The van der Waals surface area contributed by atoms with E-state index >= 15 is 0 Å². The van der Waals surface area contributed by atoms with Crippen molar-refractivity contribution in [1.82, 2.24) is 16.0 Å². The van der Waals surface area contributed by atoms with E-state index in [-0.39, 0.29) is 24.9 Å². The SMILES string of the molecule is O=C(O)NC(Cc1ccccc1)C(=O)NC(CO)CC1CCNC1=O. The molecule has 8 heteroatoms. The summed E-state index contributed by atoms with van der Waals surface area (Å²) in [5.41, 5.74) is 0.812. The van der Waals surface area contributed by atoms with E-state index in [4.69, 9.17) is 5.11 Å². The average molecular weight is 349 g/mol. The number of carbonyl (C=O) groups excluding carboxylic acids is 2. The molecule has 1 fully saturated rings. The number of amides is 3. The average Bonchev–Trinajstić information content (AvgIpc) is 2.99. The van der Waals surface area contributed by atoms with E-state index < -0.39 is 24.1 Å². The van der Waals surface area contributed by atoms with E-state index in [9.17, 15) is 19.5 Å². The highest BCUT2D eigenvalue weighted by molar-refractivity contribution is 5.86. The van der Waals surface area contributed by atoms with Gasteiger partial charge in [-0.25, -0.2) is 4.79 Å². The van der Waals surface area contributed by atoms with E-state index in [1.165, 1.54) is 0 Å². The molecule has 0 bridgehead atoms. The monoisotopic (exact) mass is 349 g/mol. The predicted octanol–water partition coefficient (Wildman–Crippen LogP) is -0.131. The van der Waals surface area contributed by atoms with Gasteiger partial charge >= 0.3 is 6.09 Å². The van der Waals surface area contributed by atoms with Gasteiger partial charge in [0.15, 0.2) is 0 Å². The highest BCUT2D eigenvalue weighted by Crippen LogP contribution is 2.16. The maximum atomic E-state index is 12.5. The van der Waals surface area contributed by atoms with Crippen LogP contribution in [0.1, 0.15) is 18.4 Å².